The summed E-state index contributed by atoms with van der Waals surface area (Å²) in [6.07, 6.45) is -5.07. The van der Waals surface area contributed by atoms with E-state index in [2.05, 4.69) is 5.10 Å². The second-order valence-corrected chi connectivity index (χ2v) is 4.61. The lowest BCUT2D eigenvalue weighted by molar-refractivity contribution is -0.436. The monoisotopic (exact) mass is 430 g/mol. The van der Waals surface area contributed by atoms with Crippen molar-refractivity contribution in [3.05, 3.63) is 12.2 Å². The Morgan fingerprint density at radius 2 is 1.15 bits per heavy atom. The molecule has 0 rings (SSSR count). The molecule has 0 spiro atoms. The van der Waals surface area contributed by atoms with E-state index < -0.39 is 41.7 Å². The number of hydrazone groups is 1. The number of carbonyl (C=O) groups is 1. The molecule has 1 amide bonds. The van der Waals surface area contributed by atoms with Crippen LogP contribution in [-0.2, 0) is 4.79 Å². The van der Waals surface area contributed by atoms with E-state index in [1.165, 1.54) is 6.92 Å². The summed E-state index contributed by atoms with van der Waals surface area (Å²) in [6, 6.07) is 0. The Morgan fingerprint density at radius 1 is 0.741 bits per heavy atom. The van der Waals surface area contributed by atoms with Gasteiger partial charge in [0.05, 0.1) is 0 Å². The van der Waals surface area contributed by atoms with Crippen molar-refractivity contribution in [2.75, 3.05) is 0 Å². The molecular weight excluding hydrogens is 423 g/mol. The van der Waals surface area contributed by atoms with Crippen LogP contribution in [0.5, 0.6) is 0 Å². The molecule has 16 heteroatoms. The average molecular weight is 430 g/mol. The molecule has 158 valence electrons. The summed E-state index contributed by atoms with van der Waals surface area (Å²) in [6.45, 7) is 1.31. The SMILES string of the molecule is C/C=C/C=N/NC(=O)C(F)(F)C(F)(F)C(F)(F)C(F)(F)C(F)(F)C(F)(F)F. The first-order valence-corrected chi connectivity index (χ1v) is 6.14. The number of nitrogens with zero attached hydrogens (tertiary/aromatic N) is 1. The fourth-order valence-electron chi connectivity index (χ4n) is 1.21. The van der Waals surface area contributed by atoms with Gasteiger partial charge < -0.3 is 0 Å². The van der Waals surface area contributed by atoms with Gasteiger partial charge in [0, 0.05) is 6.21 Å². The van der Waals surface area contributed by atoms with Gasteiger partial charge in [-0.25, -0.2) is 5.43 Å². The molecule has 0 heterocycles. The number of alkyl halides is 13. The van der Waals surface area contributed by atoms with Crippen LogP contribution in [0.2, 0.25) is 0 Å². The largest absolute Gasteiger partial charge is 0.460 e. The lowest BCUT2D eigenvalue weighted by atomic mass is 9.93. The number of allylic oxidation sites excluding steroid dienone is 2. The number of rotatable bonds is 7. The molecule has 0 aliphatic rings. The zero-order valence-electron chi connectivity index (χ0n) is 12.5. The lowest BCUT2D eigenvalue weighted by Gasteiger charge is -2.38. The first-order valence-electron chi connectivity index (χ1n) is 6.14. The summed E-state index contributed by atoms with van der Waals surface area (Å²) >= 11 is 0. The maximum absolute atomic E-state index is 13.2. The van der Waals surface area contributed by atoms with E-state index in [0.29, 0.717) is 11.6 Å². The zero-order chi connectivity index (χ0) is 22.1. The molecule has 0 fully saturated rings. The van der Waals surface area contributed by atoms with Crippen LogP contribution in [-0.4, -0.2) is 47.9 Å². The Morgan fingerprint density at radius 3 is 1.52 bits per heavy atom. The van der Waals surface area contributed by atoms with Gasteiger partial charge in [0.1, 0.15) is 0 Å². The van der Waals surface area contributed by atoms with Gasteiger partial charge in [-0.05, 0) is 13.0 Å². The highest BCUT2D eigenvalue weighted by molar-refractivity contribution is 5.85. The van der Waals surface area contributed by atoms with Crippen LogP contribution < -0.4 is 5.43 Å². The first-order chi connectivity index (χ1) is 11.7. The second-order valence-electron chi connectivity index (χ2n) is 4.61. The van der Waals surface area contributed by atoms with E-state index in [9.17, 15) is 61.9 Å². The molecule has 0 radical (unpaired) electrons. The molecule has 0 aromatic heterocycles. The normalized spacial score (nSPS) is 15.6. The Kier molecular flexibility index (Phi) is 6.64. The molecule has 0 aliphatic carbocycles. The van der Waals surface area contributed by atoms with Crippen LogP contribution in [0.1, 0.15) is 6.92 Å². The van der Waals surface area contributed by atoms with E-state index >= 15 is 0 Å². The van der Waals surface area contributed by atoms with E-state index in [4.69, 9.17) is 0 Å². The van der Waals surface area contributed by atoms with Crippen molar-refractivity contribution < 1.29 is 61.9 Å². The molecular formula is C11H7F13N2O. The van der Waals surface area contributed by atoms with Gasteiger partial charge in [-0.2, -0.15) is 62.2 Å². The number of hydrogen-bond acceptors (Lipinski definition) is 2. The third-order valence-corrected chi connectivity index (χ3v) is 2.74. The Balaban J connectivity index is 6.11. The highest BCUT2D eigenvalue weighted by atomic mass is 19.4. The Labute approximate surface area is 140 Å². The summed E-state index contributed by atoms with van der Waals surface area (Å²) in [5.41, 5.74) is 0.518. The van der Waals surface area contributed by atoms with E-state index in [1.807, 2.05) is 0 Å². The molecule has 0 saturated carbocycles. The van der Waals surface area contributed by atoms with Gasteiger partial charge >= 0.3 is 41.7 Å². The third kappa shape index (κ3) is 3.83. The van der Waals surface area contributed by atoms with Crippen molar-refractivity contribution >= 4 is 12.1 Å². The van der Waals surface area contributed by atoms with Gasteiger partial charge in [-0.3, -0.25) is 4.79 Å². The zero-order valence-corrected chi connectivity index (χ0v) is 12.5. The number of halogens is 13. The van der Waals surface area contributed by atoms with Crippen molar-refractivity contribution in [1.29, 1.82) is 0 Å². The van der Waals surface area contributed by atoms with Crippen molar-refractivity contribution in [3.63, 3.8) is 0 Å². The van der Waals surface area contributed by atoms with Gasteiger partial charge in [0.25, 0.3) is 0 Å². The minimum absolute atomic E-state index is 0.427. The quantitative estimate of drug-likeness (QED) is 0.363. The molecule has 0 unspecified atom stereocenters. The van der Waals surface area contributed by atoms with Crippen molar-refractivity contribution in [2.24, 2.45) is 5.10 Å². The predicted octanol–water partition coefficient (Wildman–Crippen LogP) is 4.40. The molecule has 3 nitrogen and oxygen atoms in total. The molecule has 0 aliphatic heterocycles. The summed E-state index contributed by atoms with van der Waals surface area (Å²) in [7, 11) is 0. The van der Waals surface area contributed by atoms with Crippen LogP contribution in [0.15, 0.2) is 17.3 Å². The number of amides is 1. The van der Waals surface area contributed by atoms with E-state index in [-0.39, 0.29) is 0 Å². The van der Waals surface area contributed by atoms with Crippen LogP contribution in [0.4, 0.5) is 57.1 Å². The van der Waals surface area contributed by atoms with Crippen molar-refractivity contribution in [1.82, 2.24) is 5.43 Å². The second kappa shape index (κ2) is 7.18. The maximum Gasteiger partial charge on any atom is 0.460 e. The highest BCUT2D eigenvalue weighted by Crippen LogP contribution is 2.60. The minimum atomic E-state index is -8.06. The molecule has 0 aromatic carbocycles. The Hall–Kier alpha value is -2.03. The standard InChI is InChI=1S/C11H7F13N2O/c1-2-3-4-25-26-5(27)6(12,13)7(14,15)8(16,17)9(18,19)10(20,21)11(22,23)24/h2-4H,1H3,(H,26,27)/b3-2+,25-4+. The van der Waals surface area contributed by atoms with Crippen LogP contribution in [0.3, 0.4) is 0 Å². The molecule has 0 saturated heterocycles. The molecule has 0 atom stereocenters. The maximum atomic E-state index is 13.2. The summed E-state index contributed by atoms with van der Waals surface area (Å²) in [5.74, 6) is -41.9. The van der Waals surface area contributed by atoms with Crippen LogP contribution in [0.25, 0.3) is 0 Å². The molecule has 1 N–H and O–H groups in total. The fourth-order valence-corrected chi connectivity index (χ4v) is 1.21. The third-order valence-electron chi connectivity index (χ3n) is 2.74. The minimum Gasteiger partial charge on any atom is -0.266 e. The van der Waals surface area contributed by atoms with Gasteiger partial charge in [0.15, 0.2) is 0 Å². The predicted molar refractivity (Wildman–Crippen MR) is 62.2 cm³/mol. The Bertz CT molecular complexity index is 606. The summed E-state index contributed by atoms with van der Waals surface area (Å²) in [5, 5.41) is 2.49. The molecule has 0 aromatic rings. The summed E-state index contributed by atoms with van der Waals surface area (Å²) in [4.78, 5) is 10.8. The fraction of sp³-hybridized carbons (Fsp3) is 0.636. The van der Waals surface area contributed by atoms with Gasteiger partial charge in [0.2, 0.25) is 0 Å². The van der Waals surface area contributed by atoms with E-state index in [1.54, 1.807) is 0 Å². The van der Waals surface area contributed by atoms with Gasteiger partial charge in [-0.1, -0.05) is 6.08 Å². The topological polar surface area (TPSA) is 41.5 Å². The highest BCUT2D eigenvalue weighted by Gasteiger charge is 2.91. The van der Waals surface area contributed by atoms with Crippen molar-refractivity contribution in [3.8, 4) is 0 Å². The van der Waals surface area contributed by atoms with Crippen LogP contribution in [0, 0.1) is 0 Å². The number of nitrogens with one attached hydrogen (secondary N) is 1. The molecule has 0 bridgehead atoms. The lowest BCUT2D eigenvalue weighted by Crippen LogP contribution is -2.71. The van der Waals surface area contributed by atoms with Crippen molar-refractivity contribution in [2.45, 2.75) is 42.7 Å². The smallest absolute Gasteiger partial charge is 0.266 e. The first kappa shape index (κ1) is 25.0. The molecule has 27 heavy (non-hydrogen) atoms. The summed E-state index contributed by atoms with van der Waals surface area (Å²) < 4.78 is 166. The van der Waals surface area contributed by atoms with Gasteiger partial charge in [-0.15, -0.1) is 0 Å². The number of carbonyl (C=O) groups excluding carboxylic acids is 1. The average Bonchev–Trinajstić information content (AvgIpc) is 2.49. The van der Waals surface area contributed by atoms with Crippen LogP contribution >= 0.6 is 0 Å². The number of hydrogen-bond donors (Lipinski definition) is 1. The van der Waals surface area contributed by atoms with E-state index in [0.717, 1.165) is 12.2 Å².